The minimum Gasteiger partial charge on any atom is -0.496 e. The Kier molecular flexibility index (Phi) is 6.26. The highest BCUT2D eigenvalue weighted by atomic mass is 79.9. The fourth-order valence-corrected chi connectivity index (χ4v) is 3.93. The minimum absolute atomic E-state index is 0.168. The van der Waals surface area contributed by atoms with E-state index < -0.39 is 10.0 Å². The van der Waals surface area contributed by atoms with Crippen LogP contribution in [-0.4, -0.2) is 28.7 Å². The van der Waals surface area contributed by atoms with Crippen molar-refractivity contribution in [2.45, 2.75) is 18.7 Å². The summed E-state index contributed by atoms with van der Waals surface area (Å²) in [5.41, 5.74) is 2.18. The van der Waals surface area contributed by atoms with Gasteiger partial charge < -0.3 is 9.47 Å². The molecule has 0 aliphatic carbocycles. The molecule has 0 heterocycles. The van der Waals surface area contributed by atoms with Crippen LogP contribution >= 0.6 is 15.9 Å². The average Bonchev–Trinajstić information content (AvgIpc) is 2.53. The van der Waals surface area contributed by atoms with Crippen LogP contribution in [0, 0.1) is 13.8 Å². The number of ether oxygens (including phenoxy) is 2. The number of sulfonamides is 1. The van der Waals surface area contributed by atoms with E-state index in [1.54, 1.807) is 6.07 Å². The smallest absolute Gasteiger partial charge is 0.240 e. The van der Waals surface area contributed by atoms with Gasteiger partial charge in [0.05, 0.1) is 16.5 Å². The lowest BCUT2D eigenvalue weighted by atomic mass is 10.1. The van der Waals surface area contributed by atoms with Crippen LogP contribution in [0.4, 0.5) is 0 Å². The fourth-order valence-electron chi connectivity index (χ4n) is 2.20. The molecular weight excluding hydrogens is 394 g/mol. The van der Waals surface area contributed by atoms with Crippen molar-refractivity contribution in [2.24, 2.45) is 0 Å². The predicted octanol–water partition coefficient (Wildman–Crippen LogP) is 3.43. The van der Waals surface area contributed by atoms with E-state index >= 15 is 0 Å². The SMILES string of the molecule is COc1ccc(S(=O)(=O)NCCOc2ccc(C)cc2C)cc1Br. The summed E-state index contributed by atoms with van der Waals surface area (Å²) in [6.07, 6.45) is 0. The molecule has 2 aromatic rings. The highest BCUT2D eigenvalue weighted by molar-refractivity contribution is 9.10. The van der Waals surface area contributed by atoms with Gasteiger partial charge in [-0.3, -0.25) is 0 Å². The predicted molar refractivity (Wildman–Crippen MR) is 97.3 cm³/mol. The van der Waals surface area contributed by atoms with Crippen molar-refractivity contribution < 1.29 is 17.9 Å². The Labute approximate surface area is 151 Å². The van der Waals surface area contributed by atoms with Gasteiger partial charge in [0.25, 0.3) is 0 Å². The number of aryl methyl sites for hydroxylation is 2. The van der Waals surface area contributed by atoms with E-state index in [9.17, 15) is 8.42 Å². The van der Waals surface area contributed by atoms with Crippen LogP contribution in [0.15, 0.2) is 45.8 Å². The Morgan fingerprint density at radius 1 is 1.08 bits per heavy atom. The van der Waals surface area contributed by atoms with Crippen LogP contribution in [0.2, 0.25) is 0 Å². The Morgan fingerprint density at radius 2 is 1.79 bits per heavy atom. The highest BCUT2D eigenvalue weighted by Gasteiger charge is 2.15. The molecule has 1 N–H and O–H groups in total. The van der Waals surface area contributed by atoms with Crippen LogP contribution < -0.4 is 14.2 Å². The summed E-state index contributed by atoms with van der Waals surface area (Å²) in [6.45, 7) is 4.40. The maximum absolute atomic E-state index is 12.3. The third-order valence-electron chi connectivity index (χ3n) is 3.42. The van der Waals surface area contributed by atoms with Gasteiger partial charge in [0.15, 0.2) is 0 Å². The number of benzene rings is 2. The van der Waals surface area contributed by atoms with E-state index in [0.717, 1.165) is 16.9 Å². The molecule has 0 amide bonds. The molecule has 0 atom stereocenters. The molecule has 130 valence electrons. The summed E-state index contributed by atoms with van der Waals surface area (Å²) in [5, 5.41) is 0. The van der Waals surface area contributed by atoms with Crippen LogP contribution in [0.1, 0.15) is 11.1 Å². The lowest BCUT2D eigenvalue weighted by molar-refractivity contribution is 0.320. The lowest BCUT2D eigenvalue weighted by Gasteiger charge is -2.11. The number of hydrogen-bond donors (Lipinski definition) is 1. The van der Waals surface area contributed by atoms with Gasteiger partial charge in [-0.05, 0) is 59.6 Å². The van der Waals surface area contributed by atoms with Gasteiger partial charge >= 0.3 is 0 Å². The molecule has 2 rings (SSSR count). The molecular formula is C17H20BrNO4S. The van der Waals surface area contributed by atoms with Crippen molar-refractivity contribution in [1.29, 1.82) is 0 Å². The maximum Gasteiger partial charge on any atom is 0.240 e. The molecule has 2 aromatic carbocycles. The summed E-state index contributed by atoms with van der Waals surface area (Å²) in [6, 6.07) is 10.5. The van der Waals surface area contributed by atoms with Gasteiger partial charge in [-0.2, -0.15) is 0 Å². The molecule has 0 saturated heterocycles. The van der Waals surface area contributed by atoms with Crippen molar-refractivity contribution >= 4 is 26.0 Å². The molecule has 0 radical (unpaired) electrons. The van der Waals surface area contributed by atoms with Gasteiger partial charge in [-0.15, -0.1) is 0 Å². The quantitative estimate of drug-likeness (QED) is 0.706. The summed E-state index contributed by atoms with van der Waals surface area (Å²) in [5.74, 6) is 1.33. The monoisotopic (exact) mass is 413 g/mol. The molecule has 0 saturated carbocycles. The average molecular weight is 414 g/mol. The molecule has 0 aromatic heterocycles. The van der Waals surface area contributed by atoms with Gasteiger partial charge in [0, 0.05) is 6.54 Å². The van der Waals surface area contributed by atoms with Gasteiger partial charge in [-0.25, -0.2) is 13.1 Å². The van der Waals surface area contributed by atoms with E-state index in [-0.39, 0.29) is 18.0 Å². The number of hydrogen-bond acceptors (Lipinski definition) is 4. The molecule has 0 bridgehead atoms. The number of nitrogens with one attached hydrogen (secondary N) is 1. The zero-order valence-corrected chi connectivity index (χ0v) is 16.2. The van der Waals surface area contributed by atoms with Crippen LogP contribution in [0.25, 0.3) is 0 Å². The summed E-state index contributed by atoms with van der Waals surface area (Å²) in [7, 11) is -2.07. The van der Waals surface area contributed by atoms with Crippen molar-refractivity contribution in [2.75, 3.05) is 20.3 Å². The largest absolute Gasteiger partial charge is 0.496 e. The van der Waals surface area contributed by atoms with Crippen LogP contribution in [0.5, 0.6) is 11.5 Å². The Balaban J connectivity index is 1.94. The Morgan fingerprint density at radius 3 is 2.42 bits per heavy atom. The van der Waals surface area contributed by atoms with E-state index in [1.807, 2.05) is 32.0 Å². The zero-order chi connectivity index (χ0) is 17.7. The Bertz CT molecular complexity index is 821. The molecule has 0 spiro atoms. The normalized spacial score (nSPS) is 11.3. The number of rotatable bonds is 7. The highest BCUT2D eigenvalue weighted by Crippen LogP contribution is 2.27. The van der Waals surface area contributed by atoms with E-state index in [1.165, 1.54) is 19.2 Å². The second kappa shape index (κ2) is 8.00. The van der Waals surface area contributed by atoms with Gasteiger partial charge in [0.2, 0.25) is 10.0 Å². The first-order chi connectivity index (χ1) is 11.3. The van der Waals surface area contributed by atoms with Crippen molar-refractivity contribution in [1.82, 2.24) is 4.72 Å². The Hall–Kier alpha value is -1.57. The van der Waals surface area contributed by atoms with E-state index in [2.05, 4.69) is 20.7 Å². The molecule has 0 fully saturated rings. The maximum atomic E-state index is 12.3. The lowest BCUT2D eigenvalue weighted by Crippen LogP contribution is -2.28. The fraction of sp³-hybridized carbons (Fsp3) is 0.294. The van der Waals surface area contributed by atoms with Crippen molar-refractivity contribution in [3.8, 4) is 11.5 Å². The van der Waals surface area contributed by atoms with Crippen molar-refractivity contribution in [3.05, 3.63) is 52.0 Å². The van der Waals surface area contributed by atoms with Gasteiger partial charge in [-0.1, -0.05) is 17.7 Å². The van der Waals surface area contributed by atoms with E-state index in [0.29, 0.717) is 10.2 Å². The van der Waals surface area contributed by atoms with Crippen LogP contribution in [-0.2, 0) is 10.0 Å². The topological polar surface area (TPSA) is 64.6 Å². The molecule has 7 heteroatoms. The molecule has 0 unspecified atom stereocenters. The van der Waals surface area contributed by atoms with Crippen LogP contribution in [0.3, 0.4) is 0 Å². The summed E-state index contributed by atoms with van der Waals surface area (Å²) >= 11 is 3.28. The molecule has 5 nitrogen and oxygen atoms in total. The second-order valence-electron chi connectivity index (χ2n) is 5.31. The first-order valence-electron chi connectivity index (χ1n) is 7.37. The molecule has 0 aliphatic heterocycles. The molecule has 24 heavy (non-hydrogen) atoms. The third-order valence-corrected chi connectivity index (χ3v) is 5.49. The first-order valence-corrected chi connectivity index (χ1v) is 9.64. The summed E-state index contributed by atoms with van der Waals surface area (Å²) in [4.78, 5) is 0.168. The standard InChI is InChI=1S/C17H20BrNO4S/c1-12-4-6-16(13(2)10-12)23-9-8-19-24(20,21)14-5-7-17(22-3)15(18)11-14/h4-7,10-11,19H,8-9H2,1-3H3. The minimum atomic E-state index is -3.59. The number of halogens is 1. The third kappa shape index (κ3) is 4.72. The zero-order valence-electron chi connectivity index (χ0n) is 13.8. The first kappa shape index (κ1) is 18.8. The van der Waals surface area contributed by atoms with Crippen molar-refractivity contribution in [3.63, 3.8) is 0 Å². The van der Waals surface area contributed by atoms with E-state index in [4.69, 9.17) is 9.47 Å². The van der Waals surface area contributed by atoms with Gasteiger partial charge in [0.1, 0.15) is 18.1 Å². The molecule has 0 aliphatic rings. The second-order valence-corrected chi connectivity index (χ2v) is 7.93. The number of methoxy groups -OCH3 is 1. The summed E-state index contributed by atoms with van der Waals surface area (Å²) < 4.78 is 38.4.